The van der Waals surface area contributed by atoms with Crippen molar-refractivity contribution in [3.05, 3.63) is 101 Å². The molecule has 0 unspecified atom stereocenters. The molecule has 7 nitrogen and oxygen atoms in total. The predicted molar refractivity (Wildman–Crippen MR) is 143 cm³/mol. The van der Waals surface area contributed by atoms with E-state index in [1.165, 1.54) is 13.2 Å². The monoisotopic (exact) mass is 551 g/mol. The molecule has 1 amide bonds. The summed E-state index contributed by atoms with van der Waals surface area (Å²) >= 11 is 0. The molecule has 39 heavy (non-hydrogen) atoms. The highest BCUT2D eigenvalue weighted by Crippen LogP contribution is 2.28. The number of sulfone groups is 1. The van der Waals surface area contributed by atoms with Gasteiger partial charge >= 0.3 is 0 Å². The molecule has 1 aliphatic heterocycles. The van der Waals surface area contributed by atoms with E-state index in [1.54, 1.807) is 53.6 Å². The molecule has 4 aromatic rings. The number of rotatable bonds is 7. The molecule has 1 aromatic heterocycles. The molecule has 0 atom stereocenters. The Bertz CT molecular complexity index is 1630. The molecule has 1 aliphatic rings. The Morgan fingerprint density at radius 3 is 2.49 bits per heavy atom. The summed E-state index contributed by atoms with van der Waals surface area (Å²) in [7, 11) is -2.29. The first kappa shape index (κ1) is 26.7. The van der Waals surface area contributed by atoms with Crippen molar-refractivity contribution in [2.45, 2.75) is 17.2 Å². The van der Waals surface area contributed by atoms with Crippen molar-refractivity contribution in [2.24, 2.45) is 0 Å². The van der Waals surface area contributed by atoms with Crippen LogP contribution in [0.15, 0.2) is 77.8 Å². The summed E-state index contributed by atoms with van der Waals surface area (Å²) in [6.45, 7) is 2.06. The molecule has 1 saturated heterocycles. The van der Waals surface area contributed by atoms with Crippen molar-refractivity contribution in [1.82, 2.24) is 14.8 Å². The van der Waals surface area contributed by atoms with Crippen molar-refractivity contribution >= 4 is 26.6 Å². The van der Waals surface area contributed by atoms with Crippen LogP contribution in [0.2, 0.25) is 0 Å². The number of para-hydroxylation sites is 1. The second kappa shape index (κ2) is 11.1. The molecular formula is C29H27F2N3O4S. The fourth-order valence-electron chi connectivity index (χ4n) is 4.82. The largest absolute Gasteiger partial charge is 0.496 e. The molecule has 3 aromatic carbocycles. The summed E-state index contributed by atoms with van der Waals surface area (Å²) < 4.78 is 59.6. The van der Waals surface area contributed by atoms with E-state index in [0.717, 1.165) is 11.5 Å². The Kier molecular flexibility index (Phi) is 7.58. The SMILES string of the molecule is COc1cc(CS(=O)(=O)c2cccc3cccnc23)ccc1C(=O)N1CCN(Cc2cccc(F)c2F)CC1. The second-order valence-electron chi connectivity index (χ2n) is 9.41. The van der Waals surface area contributed by atoms with Crippen molar-refractivity contribution in [3.63, 3.8) is 0 Å². The quantitative estimate of drug-likeness (QED) is 0.338. The van der Waals surface area contributed by atoms with Gasteiger partial charge in [-0.05, 0) is 35.9 Å². The molecule has 1 fully saturated rings. The number of carbonyl (C=O) groups is 1. The van der Waals surface area contributed by atoms with Gasteiger partial charge < -0.3 is 9.64 Å². The normalized spacial score (nSPS) is 14.5. The van der Waals surface area contributed by atoms with Gasteiger partial charge in [0.2, 0.25) is 0 Å². The number of amides is 1. The number of fused-ring (bicyclic) bond motifs is 1. The number of ether oxygens (including phenoxy) is 1. The van der Waals surface area contributed by atoms with Gasteiger partial charge in [-0.2, -0.15) is 0 Å². The Balaban J connectivity index is 1.28. The second-order valence-corrected chi connectivity index (χ2v) is 11.4. The molecule has 0 N–H and O–H groups in total. The smallest absolute Gasteiger partial charge is 0.257 e. The van der Waals surface area contributed by atoms with Crippen molar-refractivity contribution in [3.8, 4) is 5.75 Å². The third-order valence-corrected chi connectivity index (χ3v) is 8.58. The number of piperazine rings is 1. The summed E-state index contributed by atoms with van der Waals surface area (Å²) in [5, 5.41) is 0.735. The molecule has 5 rings (SSSR count). The number of methoxy groups -OCH3 is 1. The van der Waals surface area contributed by atoms with Crippen molar-refractivity contribution in [1.29, 1.82) is 0 Å². The Morgan fingerprint density at radius 1 is 0.974 bits per heavy atom. The summed E-state index contributed by atoms with van der Waals surface area (Å²) in [4.78, 5) is 21.3. The minimum atomic E-state index is -3.73. The maximum absolute atomic E-state index is 14.0. The van der Waals surface area contributed by atoms with Gasteiger partial charge in [-0.25, -0.2) is 17.2 Å². The van der Waals surface area contributed by atoms with E-state index in [4.69, 9.17) is 4.74 Å². The topological polar surface area (TPSA) is 79.8 Å². The van der Waals surface area contributed by atoms with Crippen LogP contribution in [0.4, 0.5) is 8.78 Å². The fourth-order valence-corrected chi connectivity index (χ4v) is 6.34. The van der Waals surface area contributed by atoms with Gasteiger partial charge in [0.05, 0.1) is 28.8 Å². The number of hydrogen-bond donors (Lipinski definition) is 0. The average Bonchev–Trinajstić information content (AvgIpc) is 2.95. The third-order valence-electron chi connectivity index (χ3n) is 6.87. The van der Waals surface area contributed by atoms with Gasteiger partial charge in [0.25, 0.3) is 5.91 Å². The summed E-state index contributed by atoms with van der Waals surface area (Å²) in [5.74, 6) is -1.95. The van der Waals surface area contributed by atoms with Crippen LogP contribution < -0.4 is 4.74 Å². The van der Waals surface area contributed by atoms with Crippen molar-refractivity contribution in [2.75, 3.05) is 33.3 Å². The average molecular weight is 552 g/mol. The molecule has 0 spiro atoms. The number of hydrogen-bond acceptors (Lipinski definition) is 6. The summed E-state index contributed by atoms with van der Waals surface area (Å²) in [5.41, 5.74) is 1.51. The molecule has 0 bridgehead atoms. The summed E-state index contributed by atoms with van der Waals surface area (Å²) in [6.07, 6.45) is 1.56. The number of carbonyl (C=O) groups excluding carboxylic acids is 1. The van der Waals surface area contributed by atoms with E-state index >= 15 is 0 Å². The zero-order chi connectivity index (χ0) is 27.6. The molecule has 0 saturated carbocycles. The van der Waals surface area contributed by atoms with Gasteiger partial charge in [0, 0.05) is 49.9 Å². The van der Waals surface area contributed by atoms with Crippen LogP contribution in [-0.4, -0.2) is 62.4 Å². The highest BCUT2D eigenvalue weighted by atomic mass is 32.2. The number of pyridine rings is 1. The van der Waals surface area contributed by atoms with Gasteiger partial charge in [-0.15, -0.1) is 0 Å². The van der Waals surface area contributed by atoms with Crippen LogP contribution in [-0.2, 0) is 22.1 Å². The minimum Gasteiger partial charge on any atom is -0.496 e. The van der Waals surface area contributed by atoms with E-state index in [2.05, 4.69) is 4.98 Å². The maximum atomic E-state index is 14.0. The minimum absolute atomic E-state index is 0.149. The standard InChI is InChI=1S/C29H27F2N3O4S/c1-38-25-17-20(19-39(36,37)26-9-3-5-21-7-4-12-32-28(21)26)10-11-23(25)29(35)34-15-13-33(14-16-34)18-22-6-2-8-24(30)27(22)31/h2-12,17H,13-16,18-19H2,1H3. The first-order valence-corrected chi connectivity index (χ1v) is 14.1. The van der Waals surface area contributed by atoms with Crippen LogP contribution in [0.5, 0.6) is 5.75 Å². The predicted octanol–water partition coefficient (Wildman–Crippen LogP) is 4.45. The number of halogens is 2. The number of nitrogens with zero attached hydrogens (tertiary/aromatic N) is 3. The van der Waals surface area contributed by atoms with Crippen LogP contribution in [0.1, 0.15) is 21.5 Å². The van der Waals surface area contributed by atoms with E-state index in [1.807, 2.05) is 17.0 Å². The van der Waals surface area contributed by atoms with E-state index in [0.29, 0.717) is 42.8 Å². The lowest BCUT2D eigenvalue weighted by Gasteiger charge is -2.35. The molecular weight excluding hydrogens is 524 g/mol. The highest BCUT2D eigenvalue weighted by Gasteiger charge is 2.26. The van der Waals surface area contributed by atoms with Gasteiger partial charge in [-0.1, -0.05) is 36.4 Å². The van der Waals surface area contributed by atoms with Gasteiger partial charge in [-0.3, -0.25) is 14.7 Å². The summed E-state index contributed by atoms with van der Waals surface area (Å²) in [6, 6.07) is 17.5. The number of aromatic nitrogens is 1. The van der Waals surface area contributed by atoms with Crippen LogP contribution in [0.3, 0.4) is 0 Å². The molecule has 10 heteroatoms. The lowest BCUT2D eigenvalue weighted by atomic mass is 10.1. The Labute approximate surface area is 225 Å². The maximum Gasteiger partial charge on any atom is 0.257 e. The zero-order valence-electron chi connectivity index (χ0n) is 21.3. The fraction of sp³-hybridized carbons (Fsp3) is 0.241. The molecule has 202 valence electrons. The van der Waals surface area contributed by atoms with Crippen LogP contribution >= 0.6 is 0 Å². The molecule has 2 heterocycles. The number of benzene rings is 3. The lowest BCUT2D eigenvalue weighted by Crippen LogP contribution is -2.48. The first-order chi connectivity index (χ1) is 18.8. The van der Waals surface area contributed by atoms with Crippen LogP contribution in [0, 0.1) is 11.6 Å². The lowest BCUT2D eigenvalue weighted by molar-refractivity contribution is 0.0623. The van der Waals surface area contributed by atoms with Gasteiger partial charge in [0.15, 0.2) is 21.5 Å². The Hall–Kier alpha value is -3.89. The van der Waals surface area contributed by atoms with E-state index in [9.17, 15) is 22.0 Å². The van der Waals surface area contributed by atoms with E-state index < -0.39 is 21.5 Å². The first-order valence-electron chi connectivity index (χ1n) is 12.4. The molecule has 0 radical (unpaired) electrons. The highest BCUT2D eigenvalue weighted by molar-refractivity contribution is 7.90. The third kappa shape index (κ3) is 5.62. The molecule has 0 aliphatic carbocycles. The Morgan fingerprint density at radius 2 is 1.72 bits per heavy atom. The zero-order valence-corrected chi connectivity index (χ0v) is 22.1. The van der Waals surface area contributed by atoms with Crippen molar-refractivity contribution < 1.29 is 26.7 Å². The van der Waals surface area contributed by atoms with Gasteiger partial charge in [0.1, 0.15) is 5.75 Å². The van der Waals surface area contributed by atoms with Crippen LogP contribution in [0.25, 0.3) is 10.9 Å². The van der Waals surface area contributed by atoms with E-state index in [-0.39, 0.29) is 34.4 Å².